The maximum Gasteiger partial charge on any atom is 0.305 e. The fraction of sp³-hybridized carbons (Fsp3) is 0.769. The van der Waals surface area contributed by atoms with Crippen molar-refractivity contribution in [3.05, 3.63) is 14.5 Å². The molecule has 0 amide bonds. The second-order valence-corrected chi connectivity index (χ2v) is 8.72. The van der Waals surface area contributed by atoms with Gasteiger partial charge in [0, 0.05) is 15.5 Å². The molecule has 3 rings (SSSR count). The summed E-state index contributed by atoms with van der Waals surface area (Å²) in [6, 6.07) is 0. The van der Waals surface area contributed by atoms with Crippen LogP contribution in [-0.4, -0.2) is 9.73 Å². The quantitative estimate of drug-likeness (QED) is 0.776. The average molecular weight is 269 g/mol. The third kappa shape index (κ3) is 1.89. The fourth-order valence-electron chi connectivity index (χ4n) is 3.49. The molecule has 1 aliphatic carbocycles. The third-order valence-corrected chi connectivity index (χ3v) is 6.85. The first kappa shape index (κ1) is 11.8. The van der Waals surface area contributed by atoms with E-state index in [1.54, 1.807) is 0 Å². The van der Waals surface area contributed by atoms with Crippen molar-refractivity contribution in [2.75, 3.05) is 0 Å². The van der Waals surface area contributed by atoms with E-state index in [4.69, 9.17) is 0 Å². The van der Waals surface area contributed by atoms with Gasteiger partial charge in [0.1, 0.15) is 0 Å². The lowest BCUT2D eigenvalue weighted by Gasteiger charge is -2.46. The molecule has 2 aliphatic rings. The molecule has 0 radical (unpaired) electrons. The zero-order chi connectivity index (χ0) is 12.2. The lowest BCUT2D eigenvalue weighted by atomic mass is 9.69. The lowest BCUT2D eigenvalue weighted by Crippen LogP contribution is -2.39. The summed E-state index contributed by atoms with van der Waals surface area (Å²) in [4.78, 5) is 16.1. The van der Waals surface area contributed by atoms with Gasteiger partial charge in [0.05, 0.1) is 5.03 Å². The van der Waals surface area contributed by atoms with Gasteiger partial charge in [-0.15, -0.1) is 11.8 Å². The molecule has 0 saturated heterocycles. The van der Waals surface area contributed by atoms with E-state index < -0.39 is 0 Å². The Balaban J connectivity index is 2.07. The molecule has 1 saturated carbocycles. The second kappa shape index (κ2) is 3.89. The van der Waals surface area contributed by atoms with Crippen LogP contribution in [0.5, 0.6) is 0 Å². The van der Waals surface area contributed by atoms with E-state index in [9.17, 15) is 4.79 Å². The SMILES string of the molecule is C[C@@H]1CC[C@@H]2[C@H](C1)c1sc(=O)[nH]c1SC2(C)C. The molecule has 1 aromatic heterocycles. The molecule has 3 atom stereocenters. The normalized spacial score (nSPS) is 35.1. The van der Waals surface area contributed by atoms with E-state index in [1.807, 2.05) is 11.8 Å². The molecule has 0 bridgehead atoms. The zero-order valence-corrected chi connectivity index (χ0v) is 12.2. The first-order valence-corrected chi connectivity index (χ1v) is 8.02. The van der Waals surface area contributed by atoms with Crippen LogP contribution in [0.4, 0.5) is 0 Å². The Morgan fingerprint density at radius 3 is 2.88 bits per heavy atom. The summed E-state index contributed by atoms with van der Waals surface area (Å²) in [5.74, 6) is 2.16. The van der Waals surface area contributed by atoms with Crippen molar-refractivity contribution in [2.24, 2.45) is 11.8 Å². The Kier molecular flexibility index (Phi) is 2.71. The van der Waals surface area contributed by atoms with Gasteiger partial charge in [-0.05, 0) is 24.7 Å². The maximum atomic E-state index is 11.6. The van der Waals surface area contributed by atoms with Gasteiger partial charge in [0.25, 0.3) is 0 Å². The number of hydrogen-bond donors (Lipinski definition) is 1. The van der Waals surface area contributed by atoms with Crippen molar-refractivity contribution >= 4 is 23.1 Å². The van der Waals surface area contributed by atoms with E-state index in [2.05, 4.69) is 25.8 Å². The number of aromatic nitrogens is 1. The molecule has 1 aromatic rings. The number of rotatable bonds is 0. The largest absolute Gasteiger partial charge is 0.307 e. The Hall–Kier alpha value is -0.220. The topological polar surface area (TPSA) is 32.9 Å². The molecular weight excluding hydrogens is 250 g/mol. The van der Waals surface area contributed by atoms with E-state index >= 15 is 0 Å². The van der Waals surface area contributed by atoms with Gasteiger partial charge in [-0.2, -0.15) is 0 Å². The highest BCUT2D eigenvalue weighted by Crippen LogP contribution is 2.57. The van der Waals surface area contributed by atoms with Gasteiger partial charge < -0.3 is 4.98 Å². The van der Waals surface area contributed by atoms with Crippen LogP contribution in [0.3, 0.4) is 0 Å². The summed E-state index contributed by atoms with van der Waals surface area (Å²) in [5, 5.41) is 1.15. The summed E-state index contributed by atoms with van der Waals surface area (Å²) in [6.07, 6.45) is 3.92. The number of thioether (sulfide) groups is 1. The first-order valence-electron chi connectivity index (χ1n) is 6.39. The number of thiazole rings is 1. The summed E-state index contributed by atoms with van der Waals surface area (Å²) in [6.45, 7) is 7.02. The number of hydrogen-bond acceptors (Lipinski definition) is 3. The molecule has 2 nitrogen and oxygen atoms in total. The van der Waals surface area contributed by atoms with E-state index in [0.29, 0.717) is 5.92 Å². The minimum atomic E-state index is 0.122. The van der Waals surface area contributed by atoms with Crippen LogP contribution >= 0.6 is 23.1 Å². The lowest BCUT2D eigenvalue weighted by molar-refractivity contribution is 0.210. The van der Waals surface area contributed by atoms with Crippen LogP contribution in [0.25, 0.3) is 0 Å². The number of fused-ring (bicyclic) bond motifs is 3. The molecule has 2 heterocycles. The maximum absolute atomic E-state index is 11.6. The molecule has 0 spiro atoms. The standard InChI is InChI=1S/C13H19NOS2/c1-7-4-5-9-8(6-7)10-11(14-12(15)16-10)17-13(9,2)3/h7-9H,4-6H2,1-3H3,(H,14,15)/t7-,8+,9-/m1/s1. The molecule has 4 heteroatoms. The van der Waals surface area contributed by atoms with Gasteiger partial charge in [-0.1, -0.05) is 38.5 Å². The minimum absolute atomic E-state index is 0.122. The summed E-state index contributed by atoms with van der Waals surface area (Å²) >= 11 is 3.32. The van der Waals surface area contributed by atoms with E-state index in [-0.39, 0.29) is 9.62 Å². The first-order chi connectivity index (χ1) is 7.97. The molecule has 1 fully saturated rings. The summed E-state index contributed by atoms with van der Waals surface area (Å²) < 4.78 is 0.266. The summed E-state index contributed by atoms with van der Waals surface area (Å²) in [7, 11) is 0. The Bertz CT molecular complexity index is 488. The highest BCUT2D eigenvalue weighted by Gasteiger charge is 2.46. The highest BCUT2D eigenvalue weighted by atomic mass is 32.2. The number of H-pyrrole nitrogens is 1. The molecule has 1 N–H and O–H groups in total. The highest BCUT2D eigenvalue weighted by molar-refractivity contribution is 8.00. The van der Waals surface area contributed by atoms with E-state index in [0.717, 1.165) is 16.9 Å². The average Bonchev–Trinajstić information content (AvgIpc) is 2.57. The van der Waals surface area contributed by atoms with Crippen molar-refractivity contribution < 1.29 is 0 Å². The van der Waals surface area contributed by atoms with Crippen molar-refractivity contribution in [3.63, 3.8) is 0 Å². The van der Waals surface area contributed by atoms with Gasteiger partial charge in [-0.3, -0.25) is 4.79 Å². The minimum Gasteiger partial charge on any atom is -0.307 e. The van der Waals surface area contributed by atoms with Crippen molar-refractivity contribution in [1.82, 2.24) is 4.98 Å². The predicted octanol–water partition coefficient (Wildman–Crippen LogP) is 3.84. The van der Waals surface area contributed by atoms with Gasteiger partial charge >= 0.3 is 4.87 Å². The fourth-order valence-corrected chi connectivity index (χ4v) is 6.07. The Labute approximate surface area is 110 Å². The molecular formula is C13H19NOS2. The van der Waals surface area contributed by atoms with Crippen molar-refractivity contribution in [3.8, 4) is 0 Å². The van der Waals surface area contributed by atoms with Crippen LogP contribution in [0.2, 0.25) is 0 Å². The molecule has 0 aromatic carbocycles. The molecule has 1 aliphatic heterocycles. The summed E-state index contributed by atoms with van der Waals surface area (Å²) in [5.41, 5.74) is 0. The smallest absolute Gasteiger partial charge is 0.305 e. The van der Waals surface area contributed by atoms with Gasteiger partial charge in [-0.25, -0.2) is 0 Å². The molecule has 0 unspecified atom stereocenters. The van der Waals surface area contributed by atoms with Gasteiger partial charge in [0.15, 0.2) is 0 Å². The Morgan fingerprint density at radius 2 is 2.12 bits per heavy atom. The molecule has 17 heavy (non-hydrogen) atoms. The van der Waals surface area contributed by atoms with E-state index in [1.165, 1.54) is 35.5 Å². The van der Waals surface area contributed by atoms with Crippen molar-refractivity contribution in [1.29, 1.82) is 0 Å². The van der Waals surface area contributed by atoms with Crippen LogP contribution in [0.1, 0.15) is 50.8 Å². The van der Waals surface area contributed by atoms with Crippen LogP contribution in [0, 0.1) is 11.8 Å². The number of aromatic amines is 1. The predicted molar refractivity (Wildman–Crippen MR) is 74.1 cm³/mol. The van der Waals surface area contributed by atoms with Crippen molar-refractivity contribution in [2.45, 2.75) is 55.7 Å². The van der Waals surface area contributed by atoms with Crippen LogP contribution in [-0.2, 0) is 0 Å². The number of nitrogens with one attached hydrogen (secondary N) is 1. The zero-order valence-electron chi connectivity index (χ0n) is 10.6. The third-order valence-electron chi connectivity index (χ3n) is 4.35. The Morgan fingerprint density at radius 1 is 1.35 bits per heavy atom. The van der Waals surface area contributed by atoms with Crippen LogP contribution in [0.15, 0.2) is 9.82 Å². The van der Waals surface area contributed by atoms with Crippen LogP contribution < -0.4 is 4.87 Å². The monoisotopic (exact) mass is 269 g/mol. The molecule has 94 valence electrons. The second-order valence-electron chi connectivity index (χ2n) is 6.04. The van der Waals surface area contributed by atoms with Gasteiger partial charge in [0.2, 0.25) is 0 Å².